The summed E-state index contributed by atoms with van der Waals surface area (Å²) in [5.41, 5.74) is 9.11. The Balaban J connectivity index is 4.44. The minimum Gasteiger partial charge on any atom is -0.404 e. The number of alkyl halides is 3. The normalized spacial score (nSPS) is 14.6. The highest BCUT2D eigenvalue weighted by Gasteiger charge is 2.31. The van der Waals surface area contributed by atoms with Gasteiger partial charge in [0.2, 0.25) is 0 Å². The lowest BCUT2D eigenvalue weighted by molar-refractivity contribution is -0.0926. The third kappa shape index (κ3) is 4.76. The third-order valence-corrected chi connectivity index (χ3v) is 1.46. The van der Waals surface area contributed by atoms with Gasteiger partial charge in [0, 0.05) is 6.54 Å². The molecule has 0 fully saturated rings. The topological polar surface area (TPSA) is 64.1 Å². The summed E-state index contributed by atoms with van der Waals surface area (Å²) in [7, 11) is 0. The molecule has 0 bridgehead atoms. The fourth-order valence-electron chi connectivity index (χ4n) is 0.709. The molecular formula is C8H14F3N3. The molecule has 0 aromatic carbocycles. The zero-order valence-corrected chi connectivity index (χ0v) is 7.86. The molecule has 0 amide bonds. The molecule has 14 heavy (non-hydrogen) atoms. The van der Waals surface area contributed by atoms with Crippen LogP contribution in [0.2, 0.25) is 0 Å². The zero-order chi connectivity index (χ0) is 11.2. The molecule has 6 heteroatoms. The molecule has 0 aromatic rings. The van der Waals surface area contributed by atoms with E-state index < -0.39 is 11.9 Å². The molecular weight excluding hydrogens is 195 g/mol. The second-order valence-corrected chi connectivity index (χ2v) is 2.62. The Kier molecular flexibility index (Phi) is 5.07. The van der Waals surface area contributed by atoms with Crippen molar-refractivity contribution in [1.82, 2.24) is 5.32 Å². The van der Waals surface area contributed by atoms with Gasteiger partial charge in [0.25, 0.3) is 0 Å². The molecule has 0 heterocycles. The van der Waals surface area contributed by atoms with Gasteiger partial charge in [0.1, 0.15) is 5.70 Å². The Morgan fingerprint density at radius 3 is 2.36 bits per heavy atom. The number of rotatable bonds is 4. The molecule has 0 aliphatic carbocycles. The molecule has 0 rings (SSSR count). The Morgan fingerprint density at radius 1 is 1.43 bits per heavy atom. The lowest BCUT2D eigenvalue weighted by Crippen LogP contribution is -2.22. The molecule has 0 aliphatic rings. The van der Waals surface area contributed by atoms with Gasteiger partial charge in [-0.25, -0.2) is 0 Å². The average molecular weight is 209 g/mol. The van der Waals surface area contributed by atoms with E-state index in [1.807, 2.05) is 6.92 Å². The Morgan fingerprint density at radius 2 is 2.00 bits per heavy atom. The monoisotopic (exact) mass is 209 g/mol. The largest absolute Gasteiger partial charge is 0.430 e. The Bertz CT molecular complexity index is 230. The quantitative estimate of drug-likeness (QED) is 0.601. The van der Waals surface area contributed by atoms with E-state index >= 15 is 0 Å². The molecule has 3 nitrogen and oxygen atoms in total. The zero-order valence-electron chi connectivity index (χ0n) is 7.86. The minimum absolute atomic E-state index is 0.268. The predicted molar refractivity (Wildman–Crippen MR) is 49.1 cm³/mol. The van der Waals surface area contributed by atoms with Gasteiger partial charge in [0.05, 0.1) is 0 Å². The van der Waals surface area contributed by atoms with Crippen LogP contribution in [-0.2, 0) is 0 Å². The van der Waals surface area contributed by atoms with Crippen LogP contribution in [0.4, 0.5) is 13.2 Å². The van der Waals surface area contributed by atoms with E-state index in [-0.39, 0.29) is 6.54 Å². The standard InChI is InChI=1S/C8H14F3N3/c1-2-14-5-6(4-12)3-7(13)8(9,10)11/h3-4,14H,2,5,12-13H2,1H3/b6-4+,7-3-. The highest BCUT2D eigenvalue weighted by atomic mass is 19.4. The van der Waals surface area contributed by atoms with E-state index in [1.54, 1.807) is 0 Å². The first-order chi connectivity index (χ1) is 6.41. The highest BCUT2D eigenvalue weighted by Crippen LogP contribution is 2.22. The second kappa shape index (κ2) is 5.54. The smallest absolute Gasteiger partial charge is 0.404 e. The lowest BCUT2D eigenvalue weighted by atomic mass is 10.2. The second-order valence-electron chi connectivity index (χ2n) is 2.62. The van der Waals surface area contributed by atoms with Gasteiger partial charge in [-0.3, -0.25) is 0 Å². The number of nitrogens with two attached hydrogens (primary N) is 2. The van der Waals surface area contributed by atoms with E-state index in [2.05, 4.69) is 5.32 Å². The number of allylic oxidation sites excluding steroid dienone is 1. The van der Waals surface area contributed by atoms with Crippen LogP contribution in [0.15, 0.2) is 23.5 Å². The summed E-state index contributed by atoms with van der Waals surface area (Å²) in [6.45, 7) is 2.76. The van der Waals surface area contributed by atoms with Crippen molar-refractivity contribution >= 4 is 0 Å². The first kappa shape index (κ1) is 12.8. The fraction of sp³-hybridized carbons (Fsp3) is 0.500. The summed E-state index contributed by atoms with van der Waals surface area (Å²) >= 11 is 0. The average Bonchev–Trinajstić information content (AvgIpc) is 2.10. The van der Waals surface area contributed by atoms with E-state index in [4.69, 9.17) is 11.5 Å². The van der Waals surface area contributed by atoms with Crippen molar-refractivity contribution < 1.29 is 13.2 Å². The summed E-state index contributed by atoms with van der Waals surface area (Å²) in [6.07, 6.45) is -2.58. The lowest BCUT2D eigenvalue weighted by Gasteiger charge is -2.08. The molecule has 0 aromatic heterocycles. The van der Waals surface area contributed by atoms with Crippen LogP contribution in [-0.4, -0.2) is 19.3 Å². The van der Waals surface area contributed by atoms with Crippen molar-refractivity contribution in [2.45, 2.75) is 13.1 Å². The maximum Gasteiger partial charge on any atom is 0.430 e. The molecule has 0 saturated heterocycles. The molecule has 0 unspecified atom stereocenters. The van der Waals surface area contributed by atoms with E-state index in [0.29, 0.717) is 12.1 Å². The van der Waals surface area contributed by atoms with Gasteiger partial charge < -0.3 is 16.8 Å². The Hall–Kier alpha value is -1.17. The van der Waals surface area contributed by atoms with Crippen LogP contribution in [0, 0.1) is 0 Å². The van der Waals surface area contributed by atoms with Crippen LogP contribution < -0.4 is 16.8 Å². The van der Waals surface area contributed by atoms with Gasteiger partial charge in [-0.15, -0.1) is 0 Å². The maximum atomic E-state index is 12.0. The maximum absolute atomic E-state index is 12.0. The van der Waals surface area contributed by atoms with Gasteiger partial charge in [-0.05, 0) is 24.4 Å². The van der Waals surface area contributed by atoms with Crippen molar-refractivity contribution in [3.05, 3.63) is 23.5 Å². The first-order valence-electron chi connectivity index (χ1n) is 4.07. The van der Waals surface area contributed by atoms with E-state index in [1.165, 1.54) is 0 Å². The van der Waals surface area contributed by atoms with Gasteiger partial charge >= 0.3 is 6.18 Å². The number of likely N-dealkylation sites (N-methyl/N-ethyl adjacent to an activating group) is 1. The number of nitrogens with one attached hydrogen (secondary N) is 1. The minimum atomic E-state index is -4.50. The van der Waals surface area contributed by atoms with Crippen molar-refractivity contribution in [2.24, 2.45) is 11.5 Å². The fourth-order valence-corrected chi connectivity index (χ4v) is 0.709. The van der Waals surface area contributed by atoms with Crippen molar-refractivity contribution in [2.75, 3.05) is 13.1 Å². The Labute approximate surface area is 80.6 Å². The molecule has 0 radical (unpaired) electrons. The van der Waals surface area contributed by atoms with Crippen LogP contribution in [0.25, 0.3) is 0 Å². The first-order valence-corrected chi connectivity index (χ1v) is 4.07. The molecule has 5 N–H and O–H groups in total. The summed E-state index contributed by atoms with van der Waals surface area (Å²) in [5.74, 6) is 0. The van der Waals surface area contributed by atoms with Crippen LogP contribution in [0.3, 0.4) is 0 Å². The molecule has 82 valence electrons. The van der Waals surface area contributed by atoms with Crippen LogP contribution in [0.5, 0.6) is 0 Å². The van der Waals surface area contributed by atoms with Gasteiger partial charge in [-0.2, -0.15) is 13.2 Å². The van der Waals surface area contributed by atoms with Crippen LogP contribution in [0.1, 0.15) is 6.92 Å². The summed E-state index contributed by atoms with van der Waals surface area (Å²) in [6, 6.07) is 0. The number of hydrogen-bond donors (Lipinski definition) is 3. The van der Waals surface area contributed by atoms with E-state index in [0.717, 1.165) is 12.3 Å². The van der Waals surface area contributed by atoms with E-state index in [9.17, 15) is 13.2 Å². The summed E-state index contributed by atoms with van der Waals surface area (Å²) in [4.78, 5) is 0. The van der Waals surface area contributed by atoms with Gasteiger partial charge in [0.15, 0.2) is 0 Å². The molecule has 0 atom stereocenters. The summed E-state index contributed by atoms with van der Waals surface area (Å²) in [5, 5.41) is 2.84. The highest BCUT2D eigenvalue weighted by molar-refractivity contribution is 5.24. The van der Waals surface area contributed by atoms with Crippen molar-refractivity contribution in [3.63, 3.8) is 0 Å². The number of halogens is 3. The third-order valence-electron chi connectivity index (χ3n) is 1.46. The van der Waals surface area contributed by atoms with Crippen LogP contribution >= 0.6 is 0 Å². The molecule has 0 saturated carbocycles. The summed E-state index contributed by atoms with van der Waals surface area (Å²) < 4.78 is 36.0. The SMILES string of the molecule is CCNCC(/C=C(\N)C(F)(F)F)=C/N. The number of hydrogen-bond acceptors (Lipinski definition) is 3. The van der Waals surface area contributed by atoms with Crippen molar-refractivity contribution in [3.8, 4) is 0 Å². The molecule has 0 aliphatic heterocycles. The van der Waals surface area contributed by atoms with Crippen molar-refractivity contribution in [1.29, 1.82) is 0 Å². The van der Waals surface area contributed by atoms with Gasteiger partial charge in [-0.1, -0.05) is 6.92 Å². The predicted octanol–water partition coefficient (Wildman–Crippen LogP) is 0.843. The molecule has 0 spiro atoms.